The highest BCUT2D eigenvalue weighted by Crippen LogP contribution is 2.21. The zero-order chi connectivity index (χ0) is 13.8. The van der Waals surface area contributed by atoms with Crippen LogP contribution >= 0.6 is 11.3 Å². The Balaban J connectivity index is 1.92. The number of nitrogens with zero attached hydrogens (tertiary/aromatic N) is 1. The van der Waals surface area contributed by atoms with Crippen molar-refractivity contribution < 1.29 is 9.90 Å². The number of aryl methyl sites for hydroxylation is 2. The molecule has 19 heavy (non-hydrogen) atoms. The van der Waals surface area contributed by atoms with Gasteiger partial charge in [0.25, 0.3) is 0 Å². The molecule has 1 heterocycles. The van der Waals surface area contributed by atoms with Crippen LogP contribution in [0.4, 0.5) is 5.13 Å². The number of carboxylic acid groups (broad SMARTS) is 1. The summed E-state index contributed by atoms with van der Waals surface area (Å²) in [5.41, 5.74) is 2.65. The van der Waals surface area contributed by atoms with E-state index in [0.29, 0.717) is 5.13 Å². The molecule has 2 aromatic rings. The highest BCUT2D eigenvalue weighted by molar-refractivity contribution is 7.15. The molecule has 0 atom stereocenters. The van der Waals surface area contributed by atoms with Crippen molar-refractivity contribution >= 4 is 22.4 Å². The summed E-state index contributed by atoms with van der Waals surface area (Å²) in [7, 11) is 0. The lowest BCUT2D eigenvalue weighted by atomic mass is 10.1. The van der Waals surface area contributed by atoms with Gasteiger partial charge in [0.15, 0.2) is 10.8 Å². The SMILES string of the molecule is Cc1cccc(CCNc2nc(C(=O)O)c(C)s2)c1. The Bertz CT molecular complexity index is 593. The zero-order valence-electron chi connectivity index (χ0n) is 10.9. The molecule has 0 radical (unpaired) electrons. The molecule has 0 aliphatic heterocycles. The van der Waals surface area contributed by atoms with Crippen LogP contribution in [-0.4, -0.2) is 22.6 Å². The predicted octanol–water partition coefficient (Wildman–Crippen LogP) is 3.11. The maximum Gasteiger partial charge on any atom is 0.355 e. The molecule has 0 bridgehead atoms. The number of carbonyl (C=O) groups is 1. The normalized spacial score (nSPS) is 10.4. The van der Waals surface area contributed by atoms with Crippen molar-refractivity contribution in [3.05, 3.63) is 46.0 Å². The molecule has 0 fully saturated rings. The van der Waals surface area contributed by atoms with E-state index in [4.69, 9.17) is 5.11 Å². The molecule has 2 N–H and O–H groups in total. The van der Waals surface area contributed by atoms with Crippen LogP contribution in [0.1, 0.15) is 26.5 Å². The van der Waals surface area contributed by atoms with Crippen LogP contribution in [0.2, 0.25) is 0 Å². The minimum atomic E-state index is -0.972. The summed E-state index contributed by atoms with van der Waals surface area (Å²) in [6.45, 7) is 4.59. The second-order valence-electron chi connectivity index (χ2n) is 4.39. The fraction of sp³-hybridized carbons (Fsp3) is 0.286. The van der Waals surface area contributed by atoms with E-state index < -0.39 is 5.97 Å². The van der Waals surface area contributed by atoms with E-state index in [1.54, 1.807) is 6.92 Å². The summed E-state index contributed by atoms with van der Waals surface area (Å²) in [5.74, 6) is -0.972. The molecule has 1 aromatic heterocycles. The molecular formula is C14H16N2O2S. The quantitative estimate of drug-likeness (QED) is 0.880. The molecule has 0 amide bonds. The zero-order valence-corrected chi connectivity index (χ0v) is 11.8. The summed E-state index contributed by atoms with van der Waals surface area (Å²) in [4.78, 5) is 15.7. The Hall–Kier alpha value is -1.88. The number of anilines is 1. The van der Waals surface area contributed by atoms with Gasteiger partial charge in [0.2, 0.25) is 0 Å². The summed E-state index contributed by atoms with van der Waals surface area (Å²) >= 11 is 1.38. The van der Waals surface area contributed by atoms with E-state index in [0.717, 1.165) is 17.8 Å². The third kappa shape index (κ3) is 3.54. The minimum absolute atomic E-state index is 0.142. The van der Waals surface area contributed by atoms with Crippen LogP contribution in [0, 0.1) is 13.8 Å². The fourth-order valence-corrected chi connectivity index (χ4v) is 2.68. The smallest absolute Gasteiger partial charge is 0.355 e. The molecule has 1 aromatic carbocycles. The van der Waals surface area contributed by atoms with Crippen molar-refractivity contribution in [3.8, 4) is 0 Å². The Morgan fingerprint density at radius 2 is 2.21 bits per heavy atom. The number of hydrogen-bond donors (Lipinski definition) is 2. The fourth-order valence-electron chi connectivity index (χ4n) is 1.85. The maximum absolute atomic E-state index is 10.9. The summed E-state index contributed by atoms with van der Waals surface area (Å²) in [6, 6.07) is 8.35. The van der Waals surface area contributed by atoms with Gasteiger partial charge in [0.1, 0.15) is 0 Å². The third-order valence-electron chi connectivity index (χ3n) is 2.77. The molecule has 0 spiro atoms. The molecular weight excluding hydrogens is 260 g/mol. The number of benzene rings is 1. The van der Waals surface area contributed by atoms with E-state index in [1.807, 2.05) is 6.07 Å². The number of aromatic nitrogens is 1. The lowest BCUT2D eigenvalue weighted by molar-refractivity contribution is 0.0690. The van der Waals surface area contributed by atoms with Crippen LogP contribution < -0.4 is 5.32 Å². The van der Waals surface area contributed by atoms with Crippen LogP contribution in [-0.2, 0) is 6.42 Å². The minimum Gasteiger partial charge on any atom is -0.476 e. The first-order valence-electron chi connectivity index (χ1n) is 6.06. The first-order valence-corrected chi connectivity index (χ1v) is 6.88. The average molecular weight is 276 g/mol. The van der Waals surface area contributed by atoms with Gasteiger partial charge in [0.05, 0.1) is 0 Å². The van der Waals surface area contributed by atoms with Gasteiger partial charge >= 0.3 is 5.97 Å². The Morgan fingerprint density at radius 3 is 2.84 bits per heavy atom. The molecule has 0 saturated carbocycles. The van der Waals surface area contributed by atoms with Crippen LogP contribution in [0.15, 0.2) is 24.3 Å². The number of aromatic carboxylic acids is 1. The summed E-state index contributed by atoms with van der Waals surface area (Å²) in [6.07, 6.45) is 0.892. The van der Waals surface area contributed by atoms with Crippen LogP contribution in [0.5, 0.6) is 0 Å². The number of carboxylic acids is 1. The Kier molecular flexibility index (Phi) is 4.16. The van der Waals surface area contributed by atoms with Gasteiger partial charge in [-0.3, -0.25) is 0 Å². The number of hydrogen-bond acceptors (Lipinski definition) is 4. The van der Waals surface area contributed by atoms with Gasteiger partial charge in [-0.15, -0.1) is 11.3 Å². The van der Waals surface area contributed by atoms with E-state index in [9.17, 15) is 4.79 Å². The molecule has 5 heteroatoms. The molecule has 100 valence electrons. The van der Waals surface area contributed by atoms with E-state index >= 15 is 0 Å². The Labute approximate surface area is 116 Å². The van der Waals surface area contributed by atoms with Gasteiger partial charge in [-0.1, -0.05) is 29.8 Å². The predicted molar refractivity (Wildman–Crippen MR) is 77.2 cm³/mol. The van der Waals surface area contributed by atoms with Gasteiger partial charge in [0, 0.05) is 11.4 Å². The molecule has 0 saturated heterocycles. The van der Waals surface area contributed by atoms with Crippen molar-refractivity contribution in [2.45, 2.75) is 20.3 Å². The van der Waals surface area contributed by atoms with Gasteiger partial charge < -0.3 is 10.4 Å². The van der Waals surface area contributed by atoms with Gasteiger partial charge in [-0.25, -0.2) is 9.78 Å². The average Bonchev–Trinajstić information content (AvgIpc) is 2.71. The van der Waals surface area contributed by atoms with E-state index in [1.165, 1.54) is 22.5 Å². The monoisotopic (exact) mass is 276 g/mol. The highest BCUT2D eigenvalue weighted by Gasteiger charge is 2.13. The van der Waals surface area contributed by atoms with Crippen LogP contribution in [0.3, 0.4) is 0 Å². The molecule has 0 unspecified atom stereocenters. The summed E-state index contributed by atoms with van der Waals surface area (Å²) < 4.78 is 0. The first-order chi connectivity index (χ1) is 9.06. The number of rotatable bonds is 5. The van der Waals surface area contributed by atoms with Gasteiger partial charge in [-0.2, -0.15) is 0 Å². The topological polar surface area (TPSA) is 62.2 Å². The summed E-state index contributed by atoms with van der Waals surface area (Å²) in [5, 5.41) is 12.8. The lowest BCUT2D eigenvalue weighted by Gasteiger charge is -2.03. The van der Waals surface area contributed by atoms with Crippen molar-refractivity contribution in [2.75, 3.05) is 11.9 Å². The van der Waals surface area contributed by atoms with Crippen molar-refractivity contribution in [2.24, 2.45) is 0 Å². The Morgan fingerprint density at radius 1 is 1.42 bits per heavy atom. The maximum atomic E-state index is 10.9. The first kappa shape index (κ1) is 13.5. The second kappa shape index (κ2) is 5.84. The molecule has 0 aliphatic rings. The lowest BCUT2D eigenvalue weighted by Crippen LogP contribution is -2.05. The molecule has 4 nitrogen and oxygen atoms in total. The highest BCUT2D eigenvalue weighted by atomic mass is 32.1. The molecule has 2 rings (SSSR count). The number of nitrogens with one attached hydrogen (secondary N) is 1. The van der Waals surface area contributed by atoms with Crippen LogP contribution in [0.25, 0.3) is 0 Å². The largest absolute Gasteiger partial charge is 0.476 e. The van der Waals surface area contributed by atoms with Gasteiger partial charge in [-0.05, 0) is 25.8 Å². The van der Waals surface area contributed by atoms with Crippen molar-refractivity contribution in [1.82, 2.24) is 4.98 Å². The standard InChI is InChI=1S/C14H16N2O2S/c1-9-4-3-5-11(8-9)6-7-15-14-16-12(13(17)18)10(2)19-14/h3-5,8H,6-7H2,1-2H3,(H,15,16)(H,17,18). The molecule has 0 aliphatic carbocycles. The second-order valence-corrected chi connectivity index (χ2v) is 5.60. The van der Waals surface area contributed by atoms with Crippen molar-refractivity contribution in [1.29, 1.82) is 0 Å². The number of thiazole rings is 1. The van der Waals surface area contributed by atoms with E-state index in [2.05, 4.69) is 35.4 Å². The van der Waals surface area contributed by atoms with Crippen molar-refractivity contribution in [3.63, 3.8) is 0 Å². The third-order valence-corrected chi connectivity index (χ3v) is 3.70. The van der Waals surface area contributed by atoms with E-state index in [-0.39, 0.29) is 5.69 Å².